The molecule has 1 N–H and O–H groups in total. The Balaban J connectivity index is 3.30. The van der Waals surface area contributed by atoms with Gasteiger partial charge in [-0.05, 0) is 20.3 Å². The summed E-state index contributed by atoms with van der Waals surface area (Å²) in [7, 11) is -3.44. The maximum Gasteiger partial charge on any atom is 0.330 e. The highest BCUT2D eigenvalue weighted by atomic mass is 31.2. The molecule has 33 heavy (non-hydrogen) atoms. The van der Waals surface area contributed by atoms with Gasteiger partial charge in [-0.15, -0.1) is 12.3 Å². The highest BCUT2D eigenvalue weighted by Crippen LogP contribution is 2.49. The van der Waals surface area contributed by atoms with E-state index in [1.807, 2.05) is 0 Å². The van der Waals surface area contributed by atoms with Crippen LogP contribution in [0.15, 0.2) is 0 Å². The molecule has 1 rings (SSSR count). The topological polar surface area (TPSA) is 136 Å². The van der Waals surface area contributed by atoms with Gasteiger partial charge in [0, 0.05) is 33.7 Å². The van der Waals surface area contributed by atoms with Crippen LogP contribution >= 0.6 is 7.60 Å². The van der Waals surface area contributed by atoms with Crippen molar-refractivity contribution in [1.82, 2.24) is 5.32 Å². The minimum absolute atomic E-state index is 0.0424. The molecule has 1 aliphatic heterocycles. The summed E-state index contributed by atoms with van der Waals surface area (Å²) in [6, 6.07) is 0. The van der Waals surface area contributed by atoms with Gasteiger partial charge in [-0.3, -0.25) is 24.3 Å². The molecule has 5 atom stereocenters. The van der Waals surface area contributed by atoms with Crippen molar-refractivity contribution in [1.29, 1.82) is 0 Å². The fraction of sp³-hybridized carbons (Fsp3) is 0.762. The van der Waals surface area contributed by atoms with Gasteiger partial charge in [0.1, 0.15) is 12.3 Å². The molecule has 0 aliphatic carbocycles. The lowest BCUT2D eigenvalue weighted by Gasteiger charge is -2.45. The molecule has 0 amide bonds. The lowest BCUT2D eigenvalue weighted by molar-refractivity contribution is -0.252. The van der Waals surface area contributed by atoms with Crippen LogP contribution in [0, 0.1) is 12.3 Å². The van der Waals surface area contributed by atoms with Crippen LogP contribution in [0.4, 0.5) is 0 Å². The smallest absolute Gasteiger partial charge is 0.330 e. The van der Waals surface area contributed by atoms with E-state index in [4.69, 9.17) is 34.4 Å². The number of carbonyl (C=O) groups is 3. The second kappa shape index (κ2) is 14.3. The van der Waals surface area contributed by atoms with Gasteiger partial charge in [-0.2, -0.15) is 0 Å². The van der Waals surface area contributed by atoms with Crippen LogP contribution < -0.4 is 5.32 Å². The number of terminal acetylenes is 1. The lowest BCUT2D eigenvalue weighted by Crippen LogP contribution is -2.64. The molecule has 0 radical (unpaired) electrons. The van der Waals surface area contributed by atoms with E-state index < -0.39 is 56.1 Å². The van der Waals surface area contributed by atoms with Crippen molar-refractivity contribution in [3.63, 3.8) is 0 Å². The third kappa shape index (κ3) is 9.82. The van der Waals surface area contributed by atoms with Crippen molar-refractivity contribution >= 4 is 25.5 Å². The first-order valence-corrected chi connectivity index (χ1v) is 12.5. The quantitative estimate of drug-likeness (QED) is 0.133. The first kappa shape index (κ1) is 29.1. The lowest BCUT2D eigenvalue weighted by atomic mass is 9.95. The Labute approximate surface area is 194 Å². The zero-order valence-corrected chi connectivity index (χ0v) is 20.6. The number of esters is 3. The molecule has 188 valence electrons. The summed E-state index contributed by atoms with van der Waals surface area (Å²) in [5, 5.41) is 3.03. The van der Waals surface area contributed by atoms with Gasteiger partial charge in [-0.25, -0.2) is 0 Å². The molecule has 1 heterocycles. The Bertz CT molecular complexity index is 742. The van der Waals surface area contributed by atoms with Crippen LogP contribution in [0.1, 0.15) is 47.5 Å². The van der Waals surface area contributed by atoms with Crippen LogP contribution in [-0.4, -0.2) is 74.5 Å². The molecule has 1 fully saturated rings. The summed E-state index contributed by atoms with van der Waals surface area (Å²) in [4.78, 5) is 35.5. The first-order chi connectivity index (χ1) is 15.6. The van der Waals surface area contributed by atoms with Gasteiger partial charge in [0.15, 0.2) is 18.3 Å². The van der Waals surface area contributed by atoms with E-state index in [2.05, 4.69) is 11.2 Å². The zero-order valence-electron chi connectivity index (χ0n) is 19.7. The number of nitrogens with one attached hydrogen (secondary N) is 1. The van der Waals surface area contributed by atoms with Gasteiger partial charge in [-0.1, -0.05) is 0 Å². The molecule has 0 bridgehead atoms. The minimum atomic E-state index is -3.44. The molecule has 0 aromatic heterocycles. The summed E-state index contributed by atoms with van der Waals surface area (Å²) in [6.45, 7) is 7.61. The second-order valence-corrected chi connectivity index (χ2v) is 9.37. The summed E-state index contributed by atoms with van der Waals surface area (Å²) < 4.78 is 45.9. The van der Waals surface area contributed by atoms with Gasteiger partial charge in [0.2, 0.25) is 0 Å². The minimum Gasteiger partial charge on any atom is -0.456 e. The maximum atomic E-state index is 12.9. The van der Waals surface area contributed by atoms with Crippen molar-refractivity contribution in [2.45, 2.75) is 78.1 Å². The van der Waals surface area contributed by atoms with Crippen LogP contribution in [0.25, 0.3) is 0 Å². The Kier molecular flexibility index (Phi) is 12.6. The molecule has 0 aromatic rings. The van der Waals surface area contributed by atoms with Gasteiger partial charge >= 0.3 is 25.5 Å². The highest BCUT2D eigenvalue weighted by Gasteiger charge is 2.51. The SMILES string of the molecule is C#CCCNC1O[C@H](CCP(=O)(OCC)OCC)[C@@H](OC(C)=O)[C@H](OC(C)=O)[C@@H]1OC(C)=O. The fourth-order valence-electron chi connectivity index (χ4n) is 3.42. The number of carbonyl (C=O) groups excluding carboxylic acids is 3. The molecule has 12 heteroatoms. The third-order valence-electron chi connectivity index (χ3n) is 4.49. The van der Waals surface area contributed by atoms with Crippen LogP contribution in [-0.2, 0) is 46.9 Å². The highest BCUT2D eigenvalue weighted by molar-refractivity contribution is 7.53. The van der Waals surface area contributed by atoms with Gasteiger partial charge in [0.05, 0.1) is 19.4 Å². The summed E-state index contributed by atoms with van der Waals surface area (Å²) in [6.07, 6.45) is 0.412. The molecule has 0 spiro atoms. The number of hydrogen-bond donors (Lipinski definition) is 1. The average Bonchev–Trinajstić information content (AvgIpc) is 2.70. The van der Waals surface area contributed by atoms with Crippen molar-refractivity contribution in [2.75, 3.05) is 25.9 Å². The Morgan fingerprint density at radius 3 is 1.94 bits per heavy atom. The standard InChI is InChI=1S/C21H34NO10P/c1-7-10-12-22-21-20(31-16(6)25)19(30-15(5)24)18(29-14(4)23)17(32-21)11-13-33(26,27-8-2)28-9-3/h1,17-22H,8-13H2,2-6H3/t17-,18-,19+,20+,21?/m1/s1. The Morgan fingerprint density at radius 1 is 0.939 bits per heavy atom. The van der Waals surface area contributed by atoms with Crippen LogP contribution in [0.2, 0.25) is 0 Å². The molecule has 1 unspecified atom stereocenters. The van der Waals surface area contributed by atoms with Crippen molar-refractivity contribution in [2.24, 2.45) is 0 Å². The monoisotopic (exact) mass is 491 g/mol. The van der Waals surface area contributed by atoms with E-state index in [0.29, 0.717) is 13.0 Å². The molecule has 1 saturated heterocycles. The second-order valence-electron chi connectivity index (χ2n) is 7.18. The normalized spacial score (nSPS) is 25.0. The van der Waals surface area contributed by atoms with E-state index in [1.54, 1.807) is 13.8 Å². The number of hydrogen-bond acceptors (Lipinski definition) is 11. The molecular formula is C21H34NO10P. The van der Waals surface area contributed by atoms with Gasteiger partial charge < -0.3 is 28.0 Å². The predicted molar refractivity (Wildman–Crippen MR) is 117 cm³/mol. The Hall–Kier alpha value is -1.96. The third-order valence-corrected chi connectivity index (χ3v) is 6.60. The molecule has 0 aromatic carbocycles. The zero-order chi connectivity index (χ0) is 25.0. The molecule has 0 saturated carbocycles. The van der Waals surface area contributed by atoms with E-state index in [0.717, 1.165) is 0 Å². The predicted octanol–water partition coefficient (Wildman–Crippen LogP) is 1.78. The summed E-state index contributed by atoms with van der Waals surface area (Å²) >= 11 is 0. The first-order valence-electron chi connectivity index (χ1n) is 10.8. The number of rotatable bonds is 13. The van der Waals surface area contributed by atoms with Crippen molar-refractivity contribution < 1.29 is 46.9 Å². The molecule has 11 nitrogen and oxygen atoms in total. The van der Waals surface area contributed by atoms with E-state index in [9.17, 15) is 18.9 Å². The van der Waals surface area contributed by atoms with Crippen LogP contribution in [0.5, 0.6) is 0 Å². The van der Waals surface area contributed by atoms with E-state index >= 15 is 0 Å². The van der Waals surface area contributed by atoms with E-state index in [1.165, 1.54) is 20.8 Å². The van der Waals surface area contributed by atoms with Crippen LogP contribution in [0.3, 0.4) is 0 Å². The largest absolute Gasteiger partial charge is 0.456 e. The fourth-order valence-corrected chi connectivity index (χ4v) is 5.11. The number of ether oxygens (including phenoxy) is 4. The van der Waals surface area contributed by atoms with E-state index in [-0.39, 0.29) is 25.8 Å². The summed E-state index contributed by atoms with van der Waals surface area (Å²) in [5.41, 5.74) is 0. The van der Waals surface area contributed by atoms with Crippen molar-refractivity contribution in [3.8, 4) is 12.3 Å². The molecule has 1 aliphatic rings. The molecular weight excluding hydrogens is 457 g/mol. The van der Waals surface area contributed by atoms with Crippen molar-refractivity contribution in [3.05, 3.63) is 0 Å². The average molecular weight is 491 g/mol. The Morgan fingerprint density at radius 2 is 1.45 bits per heavy atom. The van der Waals surface area contributed by atoms with Gasteiger partial charge in [0.25, 0.3) is 0 Å². The maximum absolute atomic E-state index is 12.9. The summed E-state index contributed by atoms with van der Waals surface area (Å²) in [5.74, 6) is 0.486.